The molecule has 0 aliphatic heterocycles. The third-order valence-electron chi connectivity index (χ3n) is 3.62. The lowest BCUT2D eigenvalue weighted by atomic mass is 10.1. The lowest BCUT2D eigenvalue weighted by molar-refractivity contribution is -0.136. The summed E-state index contributed by atoms with van der Waals surface area (Å²) < 4.78 is 5.09. The number of ether oxygens (including phenoxy) is 1. The zero-order valence-electron chi connectivity index (χ0n) is 13.7. The van der Waals surface area contributed by atoms with Crippen LogP contribution in [0, 0.1) is 6.92 Å². The van der Waals surface area contributed by atoms with Crippen LogP contribution in [0.2, 0.25) is 5.02 Å². The van der Waals surface area contributed by atoms with Crippen molar-refractivity contribution >= 4 is 29.1 Å². The summed E-state index contributed by atoms with van der Waals surface area (Å²) in [5.74, 6) is -0.718. The molecule has 24 heavy (non-hydrogen) atoms. The van der Waals surface area contributed by atoms with Crippen molar-refractivity contribution in [3.05, 3.63) is 58.6 Å². The molecule has 5 nitrogen and oxygen atoms in total. The van der Waals surface area contributed by atoms with E-state index in [4.69, 9.17) is 16.3 Å². The Morgan fingerprint density at radius 3 is 2.38 bits per heavy atom. The molecule has 0 saturated carbocycles. The van der Waals surface area contributed by atoms with Crippen molar-refractivity contribution in [2.24, 2.45) is 0 Å². The molecule has 2 rings (SSSR count). The average Bonchev–Trinajstić information content (AvgIpc) is 2.58. The SMILES string of the molecule is COc1ccc(C(C)NC(=O)C(=O)Nc2cc(Cl)ccc2C)cc1. The van der Waals surface area contributed by atoms with Crippen LogP contribution in [0.25, 0.3) is 0 Å². The van der Waals surface area contributed by atoms with E-state index in [-0.39, 0.29) is 6.04 Å². The van der Waals surface area contributed by atoms with Gasteiger partial charge in [0.15, 0.2) is 0 Å². The summed E-state index contributed by atoms with van der Waals surface area (Å²) in [7, 11) is 1.59. The van der Waals surface area contributed by atoms with Crippen molar-refractivity contribution in [2.45, 2.75) is 19.9 Å². The molecule has 0 aromatic heterocycles. The maximum absolute atomic E-state index is 12.1. The van der Waals surface area contributed by atoms with Crippen molar-refractivity contribution in [3.8, 4) is 5.75 Å². The van der Waals surface area contributed by atoms with E-state index in [0.717, 1.165) is 16.9 Å². The Labute approximate surface area is 146 Å². The van der Waals surface area contributed by atoms with E-state index in [9.17, 15) is 9.59 Å². The predicted octanol–water partition coefficient (Wildman–Crippen LogP) is 3.47. The highest BCUT2D eigenvalue weighted by atomic mass is 35.5. The normalized spacial score (nSPS) is 11.5. The third-order valence-corrected chi connectivity index (χ3v) is 3.85. The number of methoxy groups -OCH3 is 1. The van der Waals surface area contributed by atoms with Crippen molar-refractivity contribution in [1.29, 1.82) is 0 Å². The highest BCUT2D eigenvalue weighted by Crippen LogP contribution is 2.20. The fraction of sp³-hybridized carbons (Fsp3) is 0.222. The van der Waals surface area contributed by atoms with Crippen molar-refractivity contribution in [3.63, 3.8) is 0 Å². The Bertz CT molecular complexity index is 744. The number of hydrogen-bond donors (Lipinski definition) is 2. The van der Waals surface area contributed by atoms with Crippen LogP contribution < -0.4 is 15.4 Å². The average molecular weight is 347 g/mol. The number of amides is 2. The molecule has 0 radical (unpaired) electrons. The number of aryl methyl sites for hydroxylation is 1. The second-order valence-corrected chi connectivity index (χ2v) is 5.82. The minimum Gasteiger partial charge on any atom is -0.497 e. The van der Waals surface area contributed by atoms with Gasteiger partial charge in [-0.15, -0.1) is 0 Å². The third kappa shape index (κ3) is 4.49. The minimum atomic E-state index is -0.735. The van der Waals surface area contributed by atoms with Crippen LogP contribution in [0.5, 0.6) is 5.75 Å². The van der Waals surface area contributed by atoms with E-state index in [1.165, 1.54) is 0 Å². The van der Waals surface area contributed by atoms with Gasteiger partial charge in [0, 0.05) is 10.7 Å². The molecular weight excluding hydrogens is 328 g/mol. The summed E-state index contributed by atoms with van der Waals surface area (Å²) in [5.41, 5.74) is 2.21. The summed E-state index contributed by atoms with van der Waals surface area (Å²) >= 11 is 5.91. The molecule has 1 atom stereocenters. The summed E-state index contributed by atoms with van der Waals surface area (Å²) in [6.07, 6.45) is 0. The van der Waals surface area contributed by atoms with E-state index in [0.29, 0.717) is 10.7 Å². The molecule has 6 heteroatoms. The number of hydrogen-bond acceptors (Lipinski definition) is 3. The van der Waals surface area contributed by atoms with Gasteiger partial charge in [-0.1, -0.05) is 29.8 Å². The second kappa shape index (κ2) is 7.84. The van der Waals surface area contributed by atoms with Gasteiger partial charge in [0.2, 0.25) is 0 Å². The first kappa shape index (κ1) is 17.8. The predicted molar refractivity (Wildman–Crippen MR) is 94.4 cm³/mol. The minimum absolute atomic E-state index is 0.311. The van der Waals surface area contributed by atoms with E-state index in [1.54, 1.807) is 44.4 Å². The molecule has 0 fully saturated rings. The molecule has 0 aliphatic rings. The standard InChI is InChI=1S/C18H19ClN2O3/c1-11-4-7-14(19)10-16(11)21-18(23)17(22)20-12(2)13-5-8-15(24-3)9-6-13/h4-10,12H,1-3H3,(H,20,22)(H,21,23). The van der Waals surface area contributed by atoms with Crippen molar-refractivity contribution in [1.82, 2.24) is 5.32 Å². The molecule has 0 saturated heterocycles. The Kier molecular flexibility index (Phi) is 5.82. The molecule has 2 amide bonds. The van der Waals surface area contributed by atoms with Crippen LogP contribution in [0.1, 0.15) is 24.1 Å². The number of anilines is 1. The van der Waals surface area contributed by atoms with Crippen LogP contribution in [0.4, 0.5) is 5.69 Å². The highest BCUT2D eigenvalue weighted by Gasteiger charge is 2.18. The molecule has 0 spiro atoms. The molecule has 0 heterocycles. The first-order valence-electron chi connectivity index (χ1n) is 7.42. The molecule has 1 unspecified atom stereocenters. The topological polar surface area (TPSA) is 67.4 Å². The largest absolute Gasteiger partial charge is 0.497 e. The number of nitrogens with one attached hydrogen (secondary N) is 2. The summed E-state index contributed by atoms with van der Waals surface area (Å²) in [6, 6.07) is 12.1. The summed E-state index contributed by atoms with van der Waals surface area (Å²) in [4.78, 5) is 24.1. The van der Waals surface area contributed by atoms with E-state index >= 15 is 0 Å². The van der Waals surface area contributed by atoms with Crippen LogP contribution in [-0.4, -0.2) is 18.9 Å². The van der Waals surface area contributed by atoms with Crippen molar-refractivity contribution in [2.75, 3.05) is 12.4 Å². The van der Waals surface area contributed by atoms with Gasteiger partial charge in [0.1, 0.15) is 5.75 Å². The second-order valence-electron chi connectivity index (χ2n) is 5.38. The smallest absolute Gasteiger partial charge is 0.313 e. The molecule has 126 valence electrons. The lowest BCUT2D eigenvalue weighted by Gasteiger charge is -2.15. The van der Waals surface area contributed by atoms with Gasteiger partial charge >= 0.3 is 11.8 Å². The van der Waals surface area contributed by atoms with E-state index < -0.39 is 11.8 Å². The van der Waals surface area contributed by atoms with Crippen molar-refractivity contribution < 1.29 is 14.3 Å². The molecular formula is C18H19ClN2O3. The molecule has 2 aromatic carbocycles. The molecule has 2 aromatic rings. The number of benzene rings is 2. The Morgan fingerprint density at radius 2 is 1.75 bits per heavy atom. The van der Waals surface area contributed by atoms with Gasteiger partial charge in [-0.25, -0.2) is 0 Å². The number of rotatable bonds is 4. The van der Waals surface area contributed by atoms with Crippen LogP contribution in [-0.2, 0) is 9.59 Å². The highest BCUT2D eigenvalue weighted by molar-refractivity contribution is 6.40. The van der Waals surface area contributed by atoms with E-state index in [1.807, 2.05) is 19.1 Å². The zero-order chi connectivity index (χ0) is 17.7. The fourth-order valence-corrected chi connectivity index (χ4v) is 2.32. The van der Waals surface area contributed by atoms with E-state index in [2.05, 4.69) is 10.6 Å². The first-order chi connectivity index (χ1) is 11.4. The van der Waals surface area contributed by atoms with Gasteiger partial charge in [-0.05, 0) is 49.2 Å². The fourth-order valence-electron chi connectivity index (χ4n) is 2.15. The Hall–Kier alpha value is -2.53. The first-order valence-corrected chi connectivity index (χ1v) is 7.80. The quantitative estimate of drug-likeness (QED) is 0.833. The Balaban J connectivity index is 2.00. The molecule has 2 N–H and O–H groups in total. The molecule has 0 aliphatic carbocycles. The summed E-state index contributed by atoms with van der Waals surface area (Å²) in [6.45, 7) is 3.63. The number of carbonyl (C=O) groups is 2. The van der Waals surface area contributed by atoms with Crippen LogP contribution in [0.3, 0.4) is 0 Å². The van der Waals surface area contributed by atoms with Gasteiger partial charge < -0.3 is 15.4 Å². The van der Waals surface area contributed by atoms with Gasteiger partial charge in [-0.3, -0.25) is 9.59 Å². The van der Waals surface area contributed by atoms with Gasteiger partial charge in [0.05, 0.1) is 13.2 Å². The maximum Gasteiger partial charge on any atom is 0.313 e. The van der Waals surface area contributed by atoms with Gasteiger partial charge in [0.25, 0.3) is 0 Å². The van der Waals surface area contributed by atoms with Gasteiger partial charge in [-0.2, -0.15) is 0 Å². The van der Waals surface area contributed by atoms with Crippen LogP contribution >= 0.6 is 11.6 Å². The number of carbonyl (C=O) groups excluding carboxylic acids is 2. The molecule has 0 bridgehead atoms. The summed E-state index contributed by atoms with van der Waals surface area (Å²) in [5, 5.41) is 5.72. The zero-order valence-corrected chi connectivity index (χ0v) is 14.5. The lowest BCUT2D eigenvalue weighted by Crippen LogP contribution is -2.37. The van der Waals surface area contributed by atoms with Crippen LogP contribution in [0.15, 0.2) is 42.5 Å². The number of halogens is 1. The monoisotopic (exact) mass is 346 g/mol. The maximum atomic E-state index is 12.1. The Morgan fingerprint density at radius 1 is 1.08 bits per heavy atom.